The van der Waals surface area contributed by atoms with E-state index in [2.05, 4.69) is 16.2 Å². The summed E-state index contributed by atoms with van der Waals surface area (Å²) in [6, 6.07) is 19.1. The molecule has 0 bridgehead atoms. The third-order valence-electron chi connectivity index (χ3n) is 5.76. The Morgan fingerprint density at radius 3 is 2.55 bits per heavy atom. The molecule has 6 nitrogen and oxygen atoms in total. The lowest BCUT2D eigenvalue weighted by molar-refractivity contribution is 0.121. The van der Waals surface area contributed by atoms with E-state index < -0.39 is 6.16 Å². The molecule has 0 atom stereocenters. The van der Waals surface area contributed by atoms with Crippen LogP contribution in [0.3, 0.4) is 0 Å². The number of hydrogen-bond acceptors (Lipinski definition) is 5. The highest BCUT2D eigenvalue weighted by Gasteiger charge is 2.16. The summed E-state index contributed by atoms with van der Waals surface area (Å²) in [5.74, 6) is 1.67. The number of nitrogens with zero attached hydrogens (tertiary/aromatic N) is 2. The second-order valence-electron chi connectivity index (χ2n) is 8.07. The summed E-state index contributed by atoms with van der Waals surface area (Å²) in [6.07, 6.45) is 2.23. The fraction of sp³-hybridized carbons (Fsp3) is 0.259. The van der Waals surface area contributed by atoms with Crippen LogP contribution in [0.2, 0.25) is 0 Å². The zero-order valence-electron chi connectivity index (χ0n) is 19.2. The normalized spacial score (nSPS) is 11.0. The van der Waals surface area contributed by atoms with Gasteiger partial charge in [0.1, 0.15) is 22.8 Å². The van der Waals surface area contributed by atoms with Gasteiger partial charge in [0.05, 0.1) is 12.6 Å². The van der Waals surface area contributed by atoms with Crippen molar-refractivity contribution in [2.24, 2.45) is 0 Å². The van der Waals surface area contributed by atoms with Crippen LogP contribution in [0.15, 0.2) is 60.7 Å². The van der Waals surface area contributed by atoms with E-state index in [-0.39, 0.29) is 5.75 Å². The van der Waals surface area contributed by atoms with Gasteiger partial charge >= 0.3 is 6.16 Å². The summed E-state index contributed by atoms with van der Waals surface area (Å²) < 4.78 is 12.0. The number of hydrogen-bond donors (Lipinski definition) is 1. The van der Waals surface area contributed by atoms with Crippen LogP contribution < -0.4 is 4.74 Å². The van der Waals surface area contributed by atoms with Crippen molar-refractivity contribution < 1.29 is 19.4 Å². The zero-order valence-corrected chi connectivity index (χ0v) is 19.2. The van der Waals surface area contributed by atoms with Gasteiger partial charge in [0, 0.05) is 18.5 Å². The number of benzene rings is 3. The molecule has 0 unspecified atom stereocenters. The fourth-order valence-electron chi connectivity index (χ4n) is 3.99. The topological polar surface area (TPSA) is 73.6 Å². The standard InChI is InChI=1S/C27H28N2O4/c1-4-5-10-24-28-25-18(2)11-16-22(30)26(25)29(24)17-19-12-14-20(15-13-19)21-8-6-7-9-23(21)33-27(31)32-3/h6-9,11-16,30H,4-5,10,17H2,1-3H3. The average Bonchev–Trinajstić information content (AvgIpc) is 3.20. The molecule has 1 heterocycles. The summed E-state index contributed by atoms with van der Waals surface area (Å²) in [7, 11) is 1.29. The summed E-state index contributed by atoms with van der Waals surface area (Å²) in [6.45, 7) is 4.79. The Bertz CT molecular complexity index is 1280. The lowest BCUT2D eigenvalue weighted by Crippen LogP contribution is -2.08. The molecule has 0 saturated heterocycles. The van der Waals surface area contributed by atoms with Crippen LogP contribution in [-0.4, -0.2) is 27.9 Å². The molecule has 0 amide bonds. The van der Waals surface area contributed by atoms with Gasteiger partial charge in [0.25, 0.3) is 0 Å². The van der Waals surface area contributed by atoms with Crippen molar-refractivity contribution in [3.8, 4) is 22.6 Å². The monoisotopic (exact) mass is 444 g/mol. The van der Waals surface area contributed by atoms with E-state index in [0.29, 0.717) is 12.3 Å². The molecule has 4 rings (SSSR count). The first-order valence-electron chi connectivity index (χ1n) is 11.1. The quantitative estimate of drug-likeness (QED) is 0.269. The molecular weight excluding hydrogens is 416 g/mol. The molecule has 0 aliphatic heterocycles. The predicted octanol–water partition coefficient (Wildman–Crippen LogP) is 6.25. The van der Waals surface area contributed by atoms with Gasteiger partial charge in [-0.2, -0.15) is 0 Å². The van der Waals surface area contributed by atoms with Crippen LogP contribution in [0.25, 0.3) is 22.2 Å². The van der Waals surface area contributed by atoms with E-state index in [4.69, 9.17) is 9.72 Å². The zero-order chi connectivity index (χ0) is 23.4. The van der Waals surface area contributed by atoms with E-state index >= 15 is 0 Å². The Kier molecular flexibility index (Phi) is 6.63. The maximum atomic E-state index is 11.6. The Hall–Kier alpha value is -3.80. The van der Waals surface area contributed by atoms with Gasteiger partial charge in [0.2, 0.25) is 0 Å². The largest absolute Gasteiger partial charge is 0.513 e. The van der Waals surface area contributed by atoms with Crippen LogP contribution in [-0.2, 0) is 17.7 Å². The number of para-hydroxylation sites is 1. The second-order valence-corrected chi connectivity index (χ2v) is 8.07. The van der Waals surface area contributed by atoms with Crippen LogP contribution in [0.5, 0.6) is 11.5 Å². The van der Waals surface area contributed by atoms with Crippen molar-refractivity contribution in [1.82, 2.24) is 9.55 Å². The Labute approximate surface area is 193 Å². The van der Waals surface area contributed by atoms with Gasteiger partial charge in [-0.3, -0.25) is 0 Å². The van der Waals surface area contributed by atoms with Gasteiger partial charge in [-0.1, -0.05) is 61.9 Å². The van der Waals surface area contributed by atoms with Crippen molar-refractivity contribution in [3.63, 3.8) is 0 Å². The number of ether oxygens (including phenoxy) is 2. The minimum Gasteiger partial charge on any atom is -0.506 e. The summed E-state index contributed by atoms with van der Waals surface area (Å²) in [5.41, 5.74) is 5.51. The highest BCUT2D eigenvalue weighted by molar-refractivity contribution is 5.85. The van der Waals surface area contributed by atoms with Crippen molar-refractivity contribution in [2.45, 2.75) is 39.7 Å². The number of methoxy groups -OCH3 is 1. The molecule has 0 fully saturated rings. The number of imidazole rings is 1. The Balaban J connectivity index is 1.67. The molecule has 0 saturated carbocycles. The number of rotatable bonds is 7. The van der Waals surface area contributed by atoms with Crippen molar-refractivity contribution in [1.29, 1.82) is 0 Å². The van der Waals surface area contributed by atoms with Gasteiger partial charge < -0.3 is 19.1 Å². The maximum absolute atomic E-state index is 11.6. The van der Waals surface area contributed by atoms with Gasteiger partial charge in [-0.05, 0) is 42.2 Å². The third-order valence-corrected chi connectivity index (χ3v) is 5.76. The van der Waals surface area contributed by atoms with E-state index in [1.807, 2.05) is 55.5 Å². The third kappa shape index (κ3) is 4.70. The van der Waals surface area contributed by atoms with E-state index in [1.54, 1.807) is 12.1 Å². The molecule has 1 aromatic heterocycles. The molecule has 0 aliphatic rings. The second kappa shape index (κ2) is 9.77. The van der Waals surface area contributed by atoms with Crippen LogP contribution in [0.1, 0.15) is 36.7 Å². The number of aryl methyl sites for hydroxylation is 2. The fourth-order valence-corrected chi connectivity index (χ4v) is 3.99. The van der Waals surface area contributed by atoms with Gasteiger partial charge in [-0.25, -0.2) is 9.78 Å². The van der Waals surface area contributed by atoms with E-state index in [0.717, 1.165) is 58.4 Å². The first-order chi connectivity index (χ1) is 16.0. The predicted molar refractivity (Wildman–Crippen MR) is 129 cm³/mol. The minimum atomic E-state index is -0.749. The molecule has 0 spiro atoms. The van der Waals surface area contributed by atoms with Gasteiger partial charge in [0.15, 0.2) is 0 Å². The molecule has 0 radical (unpaired) electrons. The highest BCUT2D eigenvalue weighted by atomic mass is 16.7. The number of unbranched alkanes of at least 4 members (excludes halogenated alkanes) is 1. The van der Waals surface area contributed by atoms with Crippen LogP contribution >= 0.6 is 0 Å². The molecule has 3 aromatic carbocycles. The SMILES string of the molecule is CCCCc1nc2c(C)ccc(O)c2n1Cc1ccc(-c2ccccc2OC(=O)OC)cc1. The molecule has 170 valence electrons. The molecule has 33 heavy (non-hydrogen) atoms. The molecule has 0 aliphatic carbocycles. The molecule has 1 N–H and O–H groups in total. The molecular formula is C27H28N2O4. The van der Waals surface area contributed by atoms with Crippen molar-refractivity contribution >= 4 is 17.2 Å². The maximum Gasteiger partial charge on any atom is 0.513 e. The molecule has 6 heteroatoms. The lowest BCUT2D eigenvalue weighted by atomic mass is 10.0. The number of aromatic nitrogens is 2. The summed E-state index contributed by atoms with van der Waals surface area (Å²) >= 11 is 0. The summed E-state index contributed by atoms with van der Waals surface area (Å²) in [5, 5.41) is 10.6. The number of phenols is 1. The van der Waals surface area contributed by atoms with E-state index in [9.17, 15) is 9.90 Å². The first kappa shape index (κ1) is 22.4. The van der Waals surface area contributed by atoms with E-state index in [1.165, 1.54) is 7.11 Å². The lowest BCUT2D eigenvalue weighted by Gasteiger charge is -2.12. The summed E-state index contributed by atoms with van der Waals surface area (Å²) in [4.78, 5) is 16.5. The Morgan fingerprint density at radius 1 is 1.06 bits per heavy atom. The highest BCUT2D eigenvalue weighted by Crippen LogP contribution is 2.32. The van der Waals surface area contributed by atoms with Gasteiger partial charge in [-0.15, -0.1) is 0 Å². The number of fused-ring (bicyclic) bond motifs is 1. The van der Waals surface area contributed by atoms with Crippen molar-refractivity contribution in [3.05, 3.63) is 77.6 Å². The number of carbonyl (C=O) groups is 1. The van der Waals surface area contributed by atoms with Crippen molar-refractivity contribution in [2.75, 3.05) is 7.11 Å². The van der Waals surface area contributed by atoms with Crippen LogP contribution in [0.4, 0.5) is 4.79 Å². The molecule has 4 aromatic rings. The van der Waals surface area contributed by atoms with Crippen LogP contribution in [0, 0.1) is 6.92 Å². The number of phenolic OH excluding ortho intramolecular Hbond substituents is 1. The number of aromatic hydroxyl groups is 1. The average molecular weight is 445 g/mol. The smallest absolute Gasteiger partial charge is 0.506 e. The first-order valence-corrected chi connectivity index (χ1v) is 11.1. The Morgan fingerprint density at radius 2 is 1.82 bits per heavy atom. The minimum absolute atomic E-state index is 0.247. The number of carbonyl (C=O) groups excluding carboxylic acids is 1.